The van der Waals surface area contributed by atoms with Crippen molar-refractivity contribution in [3.63, 3.8) is 0 Å². The van der Waals surface area contributed by atoms with E-state index in [1.54, 1.807) is 39.8 Å². The zero-order valence-electron chi connectivity index (χ0n) is 77.6. The zero-order valence-corrected chi connectivity index (χ0v) is 79.9. The molecule has 8 aliphatic rings. The van der Waals surface area contributed by atoms with E-state index >= 15 is 24.0 Å². The van der Waals surface area contributed by atoms with E-state index in [0.29, 0.717) is 5.02 Å². The molecule has 0 unspecified atom stereocenters. The first-order valence-corrected chi connectivity index (χ1v) is 46.9. The first-order valence-electron chi connectivity index (χ1n) is 45.7. The molecule has 3 saturated heterocycles. The number of hydrogen-bond acceptors (Lipinski definition) is 37. The van der Waals surface area contributed by atoms with Crippen molar-refractivity contribution in [2.75, 3.05) is 40.0 Å². The Morgan fingerprint density at radius 1 is 0.611 bits per heavy atom. The van der Waals surface area contributed by atoms with Gasteiger partial charge in [-0.25, -0.2) is 4.79 Å². The van der Waals surface area contributed by atoms with Crippen LogP contribution in [-0.2, 0) is 79.9 Å². The summed E-state index contributed by atoms with van der Waals surface area (Å²) in [4.78, 5) is 134. The number of carboxylic acid groups (broad SMARTS) is 1. The molecule has 7 aromatic carbocycles. The Balaban J connectivity index is 0.909. The standard InChI is InChI=1S/C95H114Cl3N11O35/c1-37(2)23-52(100-5)85(128)108-69-71(117)43-14-19-57(50(97)25-43)138-59-27-45-28-60(82(59)144-94-83(77(123)75(121)62(36-112)141-94)142-64-31-95(4,84(127)38(3)137-64)103-32-39-7-9-40(10-8-39)41-11-16-46(96)17-12-41)139-58-20-15-44(26-51(58)98)72(118)70-90(133)107-68(92(135)136)48-29-55(114)49(33-101-21-6-22-102-91(134)79(125)78(124)81(56(115)34-110)143-93-80(126)76(122)74(120)61(35-111)140-93)73(119)65(48)47-24-42(13-18-54(47)113)66(87(130)109-70)106-88(131)67(45)105-86(129)53(30-63(99)116)104-89(69)132/h7-20,24-29,37-38,52-53,56,61-62,64,66-72,74-81,83-84,93-94,100-101,103,110-115,117-127H,6,21-23,30-36H2,1-5H3,(H2,99,116)(H,102,134)(H,104,132)(H,105,129)(H,106,131)(H,107,133)(H,108,128)(H,109,130)(H,135,136)/t38-,52+,53-,56+,61+,62+,64-,66+,67+,68-,69+,70-,71+,72+,74-,75+,76-,77-,78+,79+,80+,81+,83+,84+,93-,94-,95-/m0/s1. The molecule has 27 atom stereocenters. The number of aliphatic carboxylic acids is 1. The van der Waals surface area contributed by atoms with Crippen LogP contribution in [0, 0.1) is 5.92 Å². The smallest absolute Gasteiger partial charge is 0.330 e. The van der Waals surface area contributed by atoms with Crippen LogP contribution in [0.1, 0.15) is 123 Å². The van der Waals surface area contributed by atoms with Crippen molar-refractivity contribution in [3.05, 3.63) is 175 Å². The molecule has 8 heterocycles. The summed E-state index contributed by atoms with van der Waals surface area (Å²) in [6, 6.07) is 11.9. The normalized spacial score (nSPS) is 28.3. The second-order valence-electron chi connectivity index (χ2n) is 36.2. The zero-order chi connectivity index (χ0) is 105. The molecular weight excluding hydrogens is 1960 g/mol. The number of nitrogens with one attached hydrogen (secondary N) is 10. The Bertz CT molecular complexity index is 5830. The van der Waals surface area contributed by atoms with Gasteiger partial charge in [0.1, 0.15) is 132 Å². The third-order valence-corrected chi connectivity index (χ3v) is 26.5. The average Bonchev–Trinajstić information content (AvgIpc) is 0.755. The number of likely N-dealkylation sites (N-methyl/N-ethyl adjacent to an activating group) is 1. The van der Waals surface area contributed by atoms with Gasteiger partial charge in [0.05, 0.1) is 60.1 Å². The highest BCUT2D eigenvalue weighted by atomic mass is 35.5. The summed E-state index contributed by atoms with van der Waals surface area (Å²) in [5.74, 6) is -18.9. The second kappa shape index (κ2) is 47.4. The fourth-order valence-corrected chi connectivity index (χ4v) is 18.1. The molecule has 0 aromatic heterocycles. The highest BCUT2D eigenvalue weighted by Gasteiger charge is 2.54. The van der Waals surface area contributed by atoms with Crippen molar-refractivity contribution >= 4 is 88.0 Å². The number of fused-ring (bicyclic) bond motifs is 15. The number of hydrogen-bond donors (Lipinski definition) is 29. The number of ether oxygens (including phenoxy) is 8. The van der Waals surface area contributed by atoms with Gasteiger partial charge in [0.15, 0.2) is 42.3 Å². The number of aliphatic hydroxyl groups excluding tert-OH is 14. The molecule has 46 nitrogen and oxygen atoms in total. The lowest BCUT2D eigenvalue weighted by Crippen LogP contribution is -2.65. The van der Waals surface area contributed by atoms with Crippen LogP contribution in [0.25, 0.3) is 22.3 Å². The molecule has 49 heteroatoms. The first-order chi connectivity index (χ1) is 68.3. The Morgan fingerprint density at radius 2 is 1.20 bits per heavy atom. The van der Waals surface area contributed by atoms with E-state index in [9.17, 15) is 111 Å². The minimum absolute atomic E-state index is 0.114. The number of carbonyl (C=O) groups excluding carboxylic acids is 8. The maximum absolute atomic E-state index is 16.6. The predicted octanol–water partition coefficient (Wildman–Crippen LogP) is -1.89. The Hall–Kier alpha value is -11.4. The molecule has 8 amide bonds. The molecule has 0 radical (unpaired) electrons. The van der Waals surface area contributed by atoms with Gasteiger partial charge in [0.2, 0.25) is 53.4 Å². The molecule has 15 rings (SSSR count). The Morgan fingerprint density at radius 3 is 1.80 bits per heavy atom. The van der Waals surface area contributed by atoms with Gasteiger partial charge in [0, 0.05) is 53.3 Å². The van der Waals surface area contributed by atoms with Gasteiger partial charge < -0.3 is 189 Å². The number of aliphatic hydroxyl groups is 14. The van der Waals surface area contributed by atoms with Crippen LogP contribution in [0.15, 0.2) is 121 Å². The fraction of sp³-hybridized carbons (Fsp3) is 0.463. The highest BCUT2D eigenvalue weighted by molar-refractivity contribution is 6.32. The van der Waals surface area contributed by atoms with Gasteiger partial charge in [0.25, 0.3) is 5.91 Å². The number of rotatable bonds is 31. The van der Waals surface area contributed by atoms with Crippen LogP contribution in [0.3, 0.4) is 0 Å². The van der Waals surface area contributed by atoms with E-state index in [1.165, 1.54) is 13.1 Å². The summed E-state index contributed by atoms with van der Waals surface area (Å²) < 4.78 is 50.3. The topological polar surface area (TPSA) is 738 Å². The van der Waals surface area contributed by atoms with E-state index in [0.717, 1.165) is 83.4 Å². The van der Waals surface area contributed by atoms with Crippen LogP contribution in [0.4, 0.5) is 0 Å². The van der Waals surface area contributed by atoms with Crippen molar-refractivity contribution in [3.8, 4) is 68.2 Å². The van der Waals surface area contributed by atoms with Gasteiger partial charge in [-0.2, -0.15) is 0 Å². The lowest BCUT2D eigenvalue weighted by atomic mass is 9.84. The lowest BCUT2D eigenvalue weighted by molar-refractivity contribution is -0.334. The number of phenols is 3. The highest BCUT2D eigenvalue weighted by Crippen LogP contribution is 2.51. The fourth-order valence-electron chi connectivity index (χ4n) is 17.6. The maximum atomic E-state index is 16.6. The average molecular weight is 2080 g/mol. The third kappa shape index (κ3) is 24.8. The van der Waals surface area contributed by atoms with E-state index < -0.39 is 340 Å². The van der Waals surface area contributed by atoms with Crippen LogP contribution >= 0.6 is 34.8 Å². The number of phenolic OH excluding ortho intramolecular Hbond substituents is 3. The van der Waals surface area contributed by atoms with E-state index in [-0.39, 0.29) is 55.9 Å². The monoisotopic (exact) mass is 2070 g/mol. The minimum Gasteiger partial charge on any atom is -0.507 e. The van der Waals surface area contributed by atoms with Gasteiger partial charge in [-0.1, -0.05) is 103 Å². The van der Waals surface area contributed by atoms with E-state index in [2.05, 4.69) is 53.2 Å². The third-order valence-electron chi connectivity index (χ3n) is 25.6. The summed E-state index contributed by atoms with van der Waals surface area (Å²) in [7, 11) is 1.45. The molecule has 0 spiro atoms. The summed E-state index contributed by atoms with van der Waals surface area (Å²) in [6.45, 7) is 2.69. The number of halogens is 3. The number of primary amides is 1. The molecule has 780 valence electrons. The van der Waals surface area contributed by atoms with E-state index in [4.69, 9.17) is 78.4 Å². The molecule has 30 N–H and O–H groups in total. The minimum atomic E-state index is -2.48. The molecule has 144 heavy (non-hydrogen) atoms. The molecule has 11 bridgehead atoms. The quantitative estimate of drug-likeness (QED) is 0.0211. The van der Waals surface area contributed by atoms with Gasteiger partial charge in [-0.15, -0.1) is 0 Å². The SMILES string of the molecule is CN[C@H](CC(C)C)C(=O)N[C@H]1C(=O)N[C@@H](CC(N)=O)C(=O)N[C@H]2C(=O)N[C@H]3C(=O)N[C@H](C(=O)N[C@H](C(=O)O)c4cc(O)c(CNCCCNC(=O)[C@H](O)[C@@H](O)[C@H](O[C@@H]5O[C@H](CO)[C@H](O)[C@H](O)[C@H]5O)[C@H](O)CO)c(O)c4-c4cc3ccc4O)[C@H](O)c3ccc(c(Cl)c3)Oc3cc2cc(c3O[C@@H]2O[C@H](CO)[C@@H](O)[C@H](O)[C@H]2O[C@H]2C[C@](C)(NCc3ccc(-c4ccc(Cl)cc4)cc3)[C@H](O)[C@H](C)O2)Oc2ccc(cc2Cl)[C@H]1O. The Kier molecular flexibility index (Phi) is 36.1. The van der Waals surface area contributed by atoms with Crippen LogP contribution < -0.4 is 73.1 Å². The first kappa shape index (κ1) is 110. The van der Waals surface area contributed by atoms with Gasteiger partial charge in [-0.05, 0) is 152 Å². The van der Waals surface area contributed by atoms with Crippen molar-refractivity contribution in [1.29, 1.82) is 0 Å². The number of amides is 8. The number of nitrogens with two attached hydrogens (primary N) is 1. The van der Waals surface area contributed by atoms with Crippen LogP contribution in [-0.4, -0.2) is 319 Å². The van der Waals surface area contributed by atoms with Crippen molar-refractivity contribution in [2.45, 2.75) is 231 Å². The van der Waals surface area contributed by atoms with Crippen LogP contribution in [0.2, 0.25) is 15.1 Å². The maximum Gasteiger partial charge on any atom is 0.330 e. The van der Waals surface area contributed by atoms with Crippen molar-refractivity contribution in [1.82, 2.24) is 53.2 Å². The molecule has 0 saturated carbocycles. The largest absolute Gasteiger partial charge is 0.507 e. The number of aromatic hydroxyl groups is 3. The van der Waals surface area contributed by atoms with Crippen LogP contribution in [0.5, 0.6) is 46.0 Å². The molecule has 0 aliphatic carbocycles. The lowest BCUT2D eigenvalue weighted by Gasteiger charge is -2.48. The van der Waals surface area contributed by atoms with Crippen molar-refractivity contribution < 1.29 is 173 Å². The Labute approximate surface area is 835 Å². The number of carboxylic acids is 1. The summed E-state index contributed by atoms with van der Waals surface area (Å²) in [5.41, 5.74) is 2.92. The molecule has 8 aliphatic heterocycles. The van der Waals surface area contributed by atoms with Gasteiger partial charge >= 0.3 is 5.97 Å². The van der Waals surface area contributed by atoms with Crippen molar-refractivity contribution in [2.24, 2.45) is 11.7 Å². The van der Waals surface area contributed by atoms with Gasteiger partial charge in [-0.3, -0.25) is 38.4 Å². The molecule has 3 fully saturated rings. The molecular formula is C95H114Cl3N11O35. The predicted molar refractivity (Wildman–Crippen MR) is 502 cm³/mol. The number of benzene rings is 7. The second-order valence-corrected chi connectivity index (χ2v) is 37.5. The van der Waals surface area contributed by atoms with E-state index in [1.807, 2.05) is 36.4 Å². The molecule has 7 aromatic rings. The summed E-state index contributed by atoms with van der Waals surface area (Å²) in [6.07, 6.45) is -38.3. The summed E-state index contributed by atoms with van der Waals surface area (Å²) in [5, 5.41) is 229. The summed E-state index contributed by atoms with van der Waals surface area (Å²) >= 11 is 20.6. The number of carbonyl (C=O) groups is 9.